The maximum atomic E-state index is 2.31. The first-order chi connectivity index (χ1) is 10.7. The van der Waals surface area contributed by atoms with Crippen LogP contribution in [0.4, 0.5) is 0 Å². The fraction of sp³-hybridized carbons (Fsp3) is 0.0909. The van der Waals surface area contributed by atoms with Crippen LogP contribution >= 0.6 is 0 Å². The quantitative estimate of drug-likeness (QED) is 0.385. The normalized spacial score (nSPS) is 11.2. The Bertz CT molecular complexity index is 988. The molecule has 0 aliphatic carbocycles. The molecule has 0 atom stereocenters. The van der Waals surface area contributed by atoms with Gasteiger partial charge in [-0.05, 0) is 52.1 Å². The van der Waals surface area contributed by atoms with Crippen LogP contribution in [0.3, 0.4) is 0 Å². The summed E-state index contributed by atoms with van der Waals surface area (Å²) in [5.41, 5.74) is 5.25. The van der Waals surface area contributed by atoms with Crippen molar-refractivity contribution in [3.05, 3.63) is 83.9 Å². The molecule has 4 aromatic carbocycles. The molecule has 4 rings (SSSR count). The van der Waals surface area contributed by atoms with Crippen molar-refractivity contribution in [3.63, 3.8) is 0 Å². The molecule has 0 nitrogen and oxygen atoms in total. The second-order valence-corrected chi connectivity index (χ2v) is 6.06. The third-order valence-electron chi connectivity index (χ3n) is 4.33. The molecular formula is C22H18. The first-order valence-electron chi connectivity index (χ1n) is 7.71. The van der Waals surface area contributed by atoms with Gasteiger partial charge in [0, 0.05) is 0 Å². The van der Waals surface area contributed by atoms with Gasteiger partial charge in [-0.25, -0.2) is 0 Å². The van der Waals surface area contributed by atoms with Crippen LogP contribution in [0.5, 0.6) is 0 Å². The summed E-state index contributed by atoms with van der Waals surface area (Å²) in [5, 5.41) is 5.26. The molecule has 4 aromatic rings. The van der Waals surface area contributed by atoms with Gasteiger partial charge in [-0.2, -0.15) is 0 Å². The molecule has 0 saturated carbocycles. The minimum atomic E-state index is 1.29. The maximum absolute atomic E-state index is 2.31. The van der Waals surface area contributed by atoms with Crippen molar-refractivity contribution in [2.24, 2.45) is 0 Å². The molecule has 0 bridgehead atoms. The zero-order valence-electron chi connectivity index (χ0n) is 12.9. The molecule has 0 fully saturated rings. The SMILES string of the molecule is Cc1cc(-c2cccc3ccccc23)c2cc(C)ccc2c1. The molecule has 0 heterocycles. The van der Waals surface area contributed by atoms with Crippen LogP contribution in [0.2, 0.25) is 0 Å². The Morgan fingerprint density at radius 2 is 1.32 bits per heavy atom. The monoisotopic (exact) mass is 282 g/mol. The van der Waals surface area contributed by atoms with Crippen LogP contribution < -0.4 is 0 Å². The zero-order chi connectivity index (χ0) is 15.1. The first kappa shape index (κ1) is 13.1. The van der Waals surface area contributed by atoms with Crippen LogP contribution in [0.1, 0.15) is 11.1 Å². The lowest BCUT2D eigenvalue weighted by molar-refractivity contribution is 1.47. The van der Waals surface area contributed by atoms with Gasteiger partial charge in [0.05, 0.1) is 0 Å². The topological polar surface area (TPSA) is 0 Å². The Kier molecular flexibility index (Phi) is 2.97. The molecule has 0 radical (unpaired) electrons. The Balaban J connectivity index is 2.14. The lowest BCUT2D eigenvalue weighted by Crippen LogP contribution is -1.87. The van der Waals surface area contributed by atoms with Gasteiger partial charge in [0.25, 0.3) is 0 Å². The highest BCUT2D eigenvalue weighted by Crippen LogP contribution is 2.35. The van der Waals surface area contributed by atoms with Crippen molar-refractivity contribution in [2.45, 2.75) is 13.8 Å². The van der Waals surface area contributed by atoms with Crippen molar-refractivity contribution in [1.82, 2.24) is 0 Å². The average Bonchev–Trinajstić information content (AvgIpc) is 2.54. The van der Waals surface area contributed by atoms with E-state index in [1.165, 1.54) is 43.8 Å². The third kappa shape index (κ3) is 2.08. The van der Waals surface area contributed by atoms with Crippen LogP contribution in [0.25, 0.3) is 32.7 Å². The predicted octanol–water partition coefficient (Wildman–Crippen LogP) is 6.28. The fourth-order valence-electron chi connectivity index (χ4n) is 3.30. The Hall–Kier alpha value is -2.60. The van der Waals surface area contributed by atoms with Gasteiger partial charge in [0.15, 0.2) is 0 Å². The minimum Gasteiger partial charge on any atom is -0.0616 e. The molecular weight excluding hydrogens is 264 g/mol. The molecule has 0 saturated heterocycles. The van der Waals surface area contributed by atoms with Gasteiger partial charge in [-0.1, -0.05) is 78.4 Å². The van der Waals surface area contributed by atoms with Gasteiger partial charge in [0.1, 0.15) is 0 Å². The summed E-state index contributed by atoms with van der Waals surface area (Å²) >= 11 is 0. The van der Waals surface area contributed by atoms with Crippen LogP contribution in [-0.4, -0.2) is 0 Å². The molecule has 0 aliphatic heterocycles. The van der Waals surface area contributed by atoms with Gasteiger partial charge in [-0.15, -0.1) is 0 Å². The first-order valence-corrected chi connectivity index (χ1v) is 7.71. The lowest BCUT2D eigenvalue weighted by atomic mass is 9.92. The Morgan fingerprint density at radius 1 is 0.500 bits per heavy atom. The van der Waals surface area contributed by atoms with Crippen molar-refractivity contribution in [3.8, 4) is 11.1 Å². The summed E-state index contributed by atoms with van der Waals surface area (Å²) in [7, 11) is 0. The average molecular weight is 282 g/mol. The van der Waals surface area contributed by atoms with E-state index in [-0.39, 0.29) is 0 Å². The highest BCUT2D eigenvalue weighted by Gasteiger charge is 2.08. The Morgan fingerprint density at radius 3 is 2.23 bits per heavy atom. The molecule has 106 valence electrons. The van der Waals surface area contributed by atoms with Gasteiger partial charge >= 0.3 is 0 Å². The highest BCUT2D eigenvalue weighted by molar-refractivity contribution is 6.05. The number of rotatable bonds is 1. The summed E-state index contributed by atoms with van der Waals surface area (Å²) in [6.45, 7) is 4.33. The zero-order valence-corrected chi connectivity index (χ0v) is 12.9. The van der Waals surface area contributed by atoms with E-state index < -0.39 is 0 Å². The van der Waals surface area contributed by atoms with E-state index >= 15 is 0 Å². The number of benzene rings is 4. The molecule has 0 aliphatic rings. The van der Waals surface area contributed by atoms with Crippen LogP contribution in [-0.2, 0) is 0 Å². The van der Waals surface area contributed by atoms with Crippen molar-refractivity contribution in [2.75, 3.05) is 0 Å². The molecule has 0 heteroatoms. The number of hydrogen-bond donors (Lipinski definition) is 0. The molecule has 0 N–H and O–H groups in total. The maximum Gasteiger partial charge on any atom is -0.00964 e. The van der Waals surface area contributed by atoms with Crippen molar-refractivity contribution in [1.29, 1.82) is 0 Å². The lowest BCUT2D eigenvalue weighted by Gasteiger charge is -2.12. The van der Waals surface area contributed by atoms with Gasteiger partial charge < -0.3 is 0 Å². The molecule has 0 amide bonds. The highest BCUT2D eigenvalue weighted by atomic mass is 14.1. The second kappa shape index (κ2) is 4.99. The minimum absolute atomic E-state index is 1.29. The van der Waals surface area contributed by atoms with Crippen molar-refractivity contribution >= 4 is 21.5 Å². The molecule has 0 unspecified atom stereocenters. The summed E-state index contributed by atoms with van der Waals surface area (Å²) in [6, 6.07) is 26.5. The Labute approximate surface area is 131 Å². The second-order valence-electron chi connectivity index (χ2n) is 6.06. The predicted molar refractivity (Wildman–Crippen MR) is 96.4 cm³/mol. The van der Waals surface area contributed by atoms with Gasteiger partial charge in [-0.3, -0.25) is 0 Å². The standard InChI is InChI=1S/C22H18/c1-15-10-11-18-12-16(2)14-22(21(18)13-15)20-9-5-7-17-6-3-4-8-19(17)20/h3-14H,1-2H3. The number of aryl methyl sites for hydroxylation is 2. The molecule has 22 heavy (non-hydrogen) atoms. The third-order valence-corrected chi connectivity index (χ3v) is 4.33. The van der Waals surface area contributed by atoms with E-state index in [0.29, 0.717) is 0 Å². The summed E-state index contributed by atoms with van der Waals surface area (Å²) < 4.78 is 0. The molecule has 0 aromatic heterocycles. The smallest absolute Gasteiger partial charge is 0.00964 e. The van der Waals surface area contributed by atoms with Crippen LogP contribution in [0.15, 0.2) is 72.8 Å². The van der Waals surface area contributed by atoms with E-state index in [4.69, 9.17) is 0 Å². The van der Waals surface area contributed by atoms with E-state index in [1.54, 1.807) is 0 Å². The van der Waals surface area contributed by atoms with Gasteiger partial charge in [0.2, 0.25) is 0 Å². The molecule has 0 spiro atoms. The van der Waals surface area contributed by atoms with E-state index in [2.05, 4.69) is 86.6 Å². The van der Waals surface area contributed by atoms with E-state index in [1.807, 2.05) is 0 Å². The van der Waals surface area contributed by atoms with E-state index in [0.717, 1.165) is 0 Å². The fourth-order valence-corrected chi connectivity index (χ4v) is 3.30. The summed E-state index contributed by atoms with van der Waals surface area (Å²) in [6.07, 6.45) is 0. The van der Waals surface area contributed by atoms with Crippen molar-refractivity contribution < 1.29 is 0 Å². The summed E-state index contributed by atoms with van der Waals surface area (Å²) in [5.74, 6) is 0. The van der Waals surface area contributed by atoms with E-state index in [9.17, 15) is 0 Å². The van der Waals surface area contributed by atoms with Crippen LogP contribution in [0, 0.1) is 13.8 Å². The largest absolute Gasteiger partial charge is 0.0616 e. The summed E-state index contributed by atoms with van der Waals surface area (Å²) in [4.78, 5) is 0. The number of fused-ring (bicyclic) bond motifs is 2. The number of hydrogen-bond acceptors (Lipinski definition) is 0.